The SMILES string of the molecule is CCn1ncc(Br)c1CN(C)C(=O)c1ccn(COc2ccc(Cl)cc2C)n1. The molecule has 0 atom stereocenters. The van der Waals surface area contributed by atoms with Crippen LogP contribution in [0.1, 0.15) is 28.7 Å². The van der Waals surface area contributed by atoms with Crippen molar-refractivity contribution in [3.63, 3.8) is 0 Å². The molecule has 0 aliphatic carbocycles. The van der Waals surface area contributed by atoms with Crippen LogP contribution in [0.15, 0.2) is 41.1 Å². The number of nitrogens with zero attached hydrogens (tertiary/aromatic N) is 5. The summed E-state index contributed by atoms with van der Waals surface area (Å²) < 4.78 is 10.1. The molecule has 3 aromatic rings. The first-order valence-corrected chi connectivity index (χ1v) is 9.94. The van der Waals surface area contributed by atoms with Crippen molar-refractivity contribution in [3.05, 3.63) is 63.1 Å². The third-order valence-electron chi connectivity index (χ3n) is 4.28. The van der Waals surface area contributed by atoms with E-state index in [2.05, 4.69) is 26.1 Å². The van der Waals surface area contributed by atoms with Gasteiger partial charge in [-0.25, -0.2) is 4.68 Å². The van der Waals surface area contributed by atoms with E-state index in [9.17, 15) is 4.79 Å². The molecule has 9 heteroatoms. The summed E-state index contributed by atoms with van der Waals surface area (Å²) in [6.07, 6.45) is 3.46. The van der Waals surface area contributed by atoms with Crippen molar-refractivity contribution in [1.82, 2.24) is 24.5 Å². The predicted molar refractivity (Wildman–Crippen MR) is 110 cm³/mol. The number of hydrogen-bond acceptors (Lipinski definition) is 4. The Balaban J connectivity index is 1.64. The highest BCUT2D eigenvalue weighted by Gasteiger charge is 2.18. The van der Waals surface area contributed by atoms with Gasteiger partial charge in [0.15, 0.2) is 12.4 Å². The van der Waals surface area contributed by atoms with Crippen LogP contribution < -0.4 is 4.74 Å². The number of rotatable bonds is 7. The number of amides is 1. The van der Waals surface area contributed by atoms with Crippen molar-refractivity contribution in [2.24, 2.45) is 0 Å². The summed E-state index contributed by atoms with van der Waals surface area (Å²) in [7, 11) is 1.74. The van der Waals surface area contributed by atoms with E-state index < -0.39 is 0 Å². The highest BCUT2D eigenvalue weighted by molar-refractivity contribution is 9.10. The van der Waals surface area contributed by atoms with Crippen LogP contribution >= 0.6 is 27.5 Å². The monoisotopic (exact) mass is 465 g/mol. The van der Waals surface area contributed by atoms with E-state index in [-0.39, 0.29) is 12.6 Å². The molecule has 0 saturated heterocycles. The topological polar surface area (TPSA) is 65.2 Å². The molecule has 0 unspecified atom stereocenters. The molecule has 0 aliphatic heterocycles. The lowest BCUT2D eigenvalue weighted by atomic mass is 10.2. The van der Waals surface area contributed by atoms with Gasteiger partial charge in [-0.05, 0) is 59.6 Å². The smallest absolute Gasteiger partial charge is 0.274 e. The molecule has 0 fully saturated rings. The molecule has 1 amide bonds. The van der Waals surface area contributed by atoms with Crippen LogP contribution in [-0.4, -0.2) is 37.4 Å². The number of halogens is 2. The summed E-state index contributed by atoms with van der Waals surface area (Å²) in [4.78, 5) is 14.3. The van der Waals surface area contributed by atoms with Crippen molar-refractivity contribution in [2.75, 3.05) is 7.05 Å². The highest BCUT2D eigenvalue weighted by Crippen LogP contribution is 2.22. The lowest BCUT2D eigenvalue weighted by Crippen LogP contribution is -2.28. The Bertz CT molecular complexity index is 985. The Morgan fingerprint density at radius 3 is 2.86 bits per heavy atom. The van der Waals surface area contributed by atoms with Crippen molar-refractivity contribution in [2.45, 2.75) is 33.7 Å². The maximum absolute atomic E-state index is 12.7. The molecule has 3 rings (SSSR count). The van der Waals surface area contributed by atoms with Gasteiger partial charge in [-0.2, -0.15) is 10.2 Å². The Morgan fingerprint density at radius 1 is 1.36 bits per heavy atom. The van der Waals surface area contributed by atoms with Crippen LogP contribution in [0.2, 0.25) is 5.02 Å². The molecule has 2 aromatic heterocycles. The standard InChI is InChI=1S/C19H21BrClN5O2/c1-4-26-17(15(20)10-22-26)11-24(3)19(27)16-7-8-25(23-16)12-28-18-6-5-14(21)9-13(18)2/h5-10H,4,11-12H2,1-3H3. The van der Waals surface area contributed by atoms with Crippen molar-refractivity contribution < 1.29 is 9.53 Å². The molecule has 2 heterocycles. The van der Waals surface area contributed by atoms with Crippen molar-refractivity contribution >= 4 is 33.4 Å². The van der Waals surface area contributed by atoms with Crippen molar-refractivity contribution in [3.8, 4) is 5.75 Å². The molecule has 0 aliphatic rings. The first-order valence-electron chi connectivity index (χ1n) is 8.77. The maximum Gasteiger partial charge on any atom is 0.274 e. The Morgan fingerprint density at radius 2 is 2.14 bits per heavy atom. The number of carbonyl (C=O) groups is 1. The van der Waals surface area contributed by atoms with Gasteiger partial charge in [0.2, 0.25) is 0 Å². The molecule has 7 nitrogen and oxygen atoms in total. The summed E-state index contributed by atoms with van der Waals surface area (Å²) in [6, 6.07) is 7.11. The van der Waals surface area contributed by atoms with Crippen LogP contribution in [0.25, 0.3) is 0 Å². The minimum absolute atomic E-state index is 0.169. The van der Waals surface area contributed by atoms with E-state index >= 15 is 0 Å². The zero-order valence-electron chi connectivity index (χ0n) is 15.9. The van der Waals surface area contributed by atoms with Crippen molar-refractivity contribution in [1.29, 1.82) is 0 Å². The van der Waals surface area contributed by atoms with Gasteiger partial charge < -0.3 is 9.64 Å². The van der Waals surface area contributed by atoms with E-state index in [1.807, 2.05) is 30.7 Å². The molecule has 1 aromatic carbocycles. The Labute approximate surface area is 177 Å². The van der Waals surface area contributed by atoms with E-state index in [0.29, 0.717) is 17.3 Å². The highest BCUT2D eigenvalue weighted by atomic mass is 79.9. The average Bonchev–Trinajstić information content (AvgIpc) is 3.27. The summed E-state index contributed by atoms with van der Waals surface area (Å²) in [5.74, 6) is 0.555. The van der Waals surface area contributed by atoms with Gasteiger partial charge in [0.25, 0.3) is 5.91 Å². The summed E-state index contributed by atoms with van der Waals surface area (Å²) in [5.41, 5.74) is 2.24. The van der Waals surface area contributed by atoms with Gasteiger partial charge in [0.1, 0.15) is 5.75 Å². The second kappa shape index (κ2) is 8.79. The summed E-state index contributed by atoms with van der Waals surface area (Å²) in [6.45, 7) is 5.30. The second-order valence-electron chi connectivity index (χ2n) is 6.34. The molecule has 0 radical (unpaired) electrons. The molecule has 28 heavy (non-hydrogen) atoms. The van der Waals surface area contributed by atoms with Crippen LogP contribution in [-0.2, 0) is 19.8 Å². The number of carbonyl (C=O) groups excluding carboxylic acids is 1. The van der Waals surface area contributed by atoms with Gasteiger partial charge in [0.05, 0.1) is 22.9 Å². The fraction of sp³-hybridized carbons (Fsp3) is 0.316. The third kappa shape index (κ3) is 4.56. The fourth-order valence-corrected chi connectivity index (χ4v) is 3.42. The van der Waals surface area contributed by atoms with Gasteiger partial charge in [0, 0.05) is 24.8 Å². The first-order chi connectivity index (χ1) is 13.4. The largest absolute Gasteiger partial charge is 0.471 e. The Kier molecular flexibility index (Phi) is 6.41. The minimum atomic E-state index is -0.169. The molecule has 0 saturated carbocycles. The van der Waals surface area contributed by atoms with Crippen LogP contribution in [0.4, 0.5) is 0 Å². The van der Waals surface area contributed by atoms with E-state index in [4.69, 9.17) is 16.3 Å². The number of ether oxygens (including phenoxy) is 1. The average molecular weight is 467 g/mol. The van der Waals surface area contributed by atoms with E-state index in [1.54, 1.807) is 41.2 Å². The summed E-state index contributed by atoms with van der Waals surface area (Å²) >= 11 is 9.44. The first kappa shape index (κ1) is 20.4. The van der Waals surface area contributed by atoms with E-state index in [1.165, 1.54) is 0 Å². The normalized spacial score (nSPS) is 10.9. The summed E-state index contributed by atoms with van der Waals surface area (Å²) in [5, 5.41) is 9.27. The molecule has 0 bridgehead atoms. The fourth-order valence-electron chi connectivity index (χ4n) is 2.77. The third-order valence-corrected chi connectivity index (χ3v) is 5.18. The predicted octanol–water partition coefficient (Wildman–Crippen LogP) is 4.13. The van der Waals surface area contributed by atoms with Gasteiger partial charge in [-0.15, -0.1) is 0 Å². The van der Waals surface area contributed by atoms with Gasteiger partial charge in [-0.1, -0.05) is 11.6 Å². The quantitative estimate of drug-likeness (QED) is 0.525. The lowest BCUT2D eigenvalue weighted by Gasteiger charge is -2.17. The second-order valence-corrected chi connectivity index (χ2v) is 7.63. The lowest BCUT2D eigenvalue weighted by molar-refractivity contribution is 0.0773. The molecule has 0 spiro atoms. The molecular formula is C19H21BrClN5O2. The molecule has 0 N–H and O–H groups in total. The number of benzene rings is 1. The zero-order valence-corrected chi connectivity index (χ0v) is 18.2. The molecular weight excluding hydrogens is 446 g/mol. The number of aromatic nitrogens is 4. The number of hydrogen-bond donors (Lipinski definition) is 0. The van der Waals surface area contributed by atoms with E-state index in [0.717, 1.165) is 28.0 Å². The Hall–Kier alpha value is -2.32. The van der Waals surface area contributed by atoms with Gasteiger partial charge >= 0.3 is 0 Å². The zero-order chi connectivity index (χ0) is 20.3. The van der Waals surface area contributed by atoms with Gasteiger partial charge in [-0.3, -0.25) is 9.48 Å². The van der Waals surface area contributed by atoms with Crippen LogP contribution in [0.5, 0.6) is 5.75 Å². The number of aryl methyl sites for hydroxylation is 2. The minimum Gasteiger partial charge on any atom is -0.471 e. The van der Waals surface area contributed by atoms with Crippen LogP contribution in [0.3, 0.4) is 0 Å². The van der Waals surface area contributed by atoms with Crippen LogP contribution in [0, 0.1) is 6.92 Å². The molecule has 148 valence electrons. The maximum atomic E-state index is 12.7.